The Morgan fingerprint density at radius 3 is 2.64 bits per heavy atom. The van der Waals surface area contributed by atoms with Crippen molar-refractivity contribution in [3.8, 4) is 0 Å². The Labute approximate surface area is 128 Å². The van der Waals surface area contributed by atoms with Crippen LogP contribution in [0.3, 0.4) is 0 Å². The quantitative estimate of drug-likeness (QED) is 0.751. The third kappa shape index (κ3) is 2.68. The highest BCUT2D eigenvalue weighted by molar-refractivity contribution is 7.88. The second kappa shape index (κ2) is 5.51. The van der Waals surface area contributed by atoms with Crippen LogP contribution < -0.4 is 0 Å². The molecule has 2 saturated heterocycles. The third-order valence-electron chi connectivity index (χ3n) is 4.20. The normalized spacial score (nSPS) is 26.8. The van der Waals surface area contributed by atoms with Crippen LogP contribution in [0.1, 0.15) is 25.2 Å². The van der Waals surface area contributed by atoms with E-state index in [4.69, 9.17) is 4.52 Å². The number of sulfonamides is 1. The van der Waals surface area contributed by atoms with Crippen molar-refractivity contribution >= 4 is 16.1 Å². The van der Waals surface area contributed by atoms with Gasteiger partial charge in [-0.15, -0.1) is 0 Å². The molecule has 122 valence electrons. The molecule has 10 heteroatoms. The first kappa shape index (κ1) is 15.2. The summed E-state index contributed by atoms with van der Waals surface area (Å²) in [6.07, 6.45) is 3.26. The number of hydrogen-bond acceptors (Lipinski definition) is 6. The van der Waals surface area contributed by atoms with Crippen molar-refractivity contribution in [1.29, 1.82) is 0 Å². The van der Waals surface area contributed by atoms with Gasteiger partial charge in [0.05, 0.1) is 12.3 Å². The Kier molecular flexibility index (Phi) is 3.81. The Bertz CT molecular complexity index is 646. The molecule has 9 nitrogen and oxygen atoms in total. The van der Waals surface area contributed by atoms with E-state index in [1.807, 2.05) is 6.92 Å². The Morgan fingerprint density at radius 2 is 2.14 bits per heavy atom. The lowest BCUT2D eigenvalue weighted by molar-refractivity contribution is 0.0631. The lowest BCUT2D eigenvalue weighted by Crippen LogP contribution is -2.59. The predicted molar refractivity (Wildman–Crippen MR) is 76.3 cm³/mol. The zero-order valence-corrected chi connectivity index (χ0v) is 13.4. The smallest absolute Gasteiger partial charge is 0.320 e. The van der Waals surface area contributed by atoms with Gasteiger partial charge in [-0.25, -0.2) is 13.2 Å². The van der Waals surface area contributed by atoms with Gasteiger partial charge in [0.1, 0.15) is 0 Å². The van der Waals surface area contributed by atoms with Gasteiger partial charge in [0.2, 0.25) is 16.4 Å². The van der Waals surface area contributed by atoms with Crippen molar-refractivity contribution in [3.05, 3.63) is 12.2 Å². The van der Waals surface area contributed by atoms with Gasteiger partial charge in [-0.3, -0.25) is 0 Å². The van der Waals surface area contributed by atoms with Crippen LogP contribution in [0.25, 0.3) is 0 Å². The van der Waals surface area contributed by atoms with Crippen LogP contribution in [0.2, 0.25) is 0 Å². The molecule has 3 rings (SSSR count). The first-order chi connectivity index (χ1) is 10.4. The van der Waals surface area contributed by atoms with Gasteiger partial charge < -0.3 is 14.3 Å². The monoisotopic (exact) mass is 329 g/mol. The first-order valence-corrected chi connectivity index (χ1v) is 9.01. The number of carbonyl (C=O) groups excluding carboxylic acids is 1. The number of aromatic nitrogens is 2. The molecule has 2 aliphatic rings. The SMILES string of the molecule is C[C@@H]1CN(C(=O)N2CCC2c2ncon2)CCN1S(C)(=O)=O. The third-order valence-corrected chi connectivity index (χ3v) is 5.60. The topological polar surface area (TPSA) is 99.8 Å². The summed E-state index contributed by atoms with van der Waals surface area (Å²) in [5.74, 6) is 0.516. The number of rotatable bonds is 2. The molecule has 1 aromatic rings. The van der Waals surface area contributed by atoms with Crippen molar-refractivity contribution in [1.82, 2.24) is 24.2 Å². The van der Waals surface area contributed by atoms with Crippen LogP contribution in [0.5, 0.6) is 0 Å². The molecule has 0 aromatic carbocycles. The van der Waals surface area contributed by atoms with Gasteiger partial charge in [-0.2, -0.15) is 9.29 Å². The lowest BCUT2D eigenvalue weighted by atomic mass is 10.0. The molecule has 0 saturated carbocycles. The minimum absolute atomic E-state index is 0.0962. The van der Waals surface area contributed by atoms with Crippen LogP contribution in [0.4, 0.5) is 4.79 Å². The fourth-order valence-corrected chi connectivity index (χ4v) is 4.13. The van der Waals surface area contributed by atoms with E-state index in [0.717, 1.165) is 6.42 Å². The van der Waals surface area contributed by atoms with Crippen LogP contribution in [-0.4, -0.2) is 77.2 Å². The van der Waals surface area contributed by atoms with Crippen molar-refractivity contribution in [3.63, 3.8) is 0 Å². The van der Waals surface area contributed by atoms with Crippen molar-refractivity contribution in [2.24, 2.45) is 0 Å². The minimum atomic E-state index is -3.23. The number of likely N-dealkylation sites (tertiary alicyclic amines) is 1. The Morgan fingerprint density at radius 1 is 1.36 bits per heavy atom. The van der Waals surface area contributed by atoms with E-state index < -0.39 is 10.0 Å². The largest absolute Gasteiger partial charge is 0.343 e. The summed E-state index contributed by atoms with van der Waals surface area (Å²) in [6.45, 7) is 3.57. The number of piperazine rings is 1. The number of urea groups is 1. The summed E-state index contributed by atoms with van der Waals surface area (Å²) < 4.78 is 29.5. The molecule has 3 heterocycles. The van der Waals surface area contributed by atoms with E-state index in [0.29, 0.717) is 32.0 Å². The Hall–Kier alpha value is -1.68. The molecule has 2 atom stereocenters. The molecule has 2 fully saturated rings. The highest BCUT2D eigenvalue weighted by Crippen LogP contribution is 2.32. The van der Waals surface area contributed by atoms with E-state index >= 15 is 0 Å². The summed E-state index contributed by atoms with van der Waals surface area (Å²) >= 11 is 0. The molecule has 2 amide bonds. The van der Waals surface area contributed by atoms with E-state index in [1.165, 1.54) is 17.0 Å². The zero-order valence-electron chi connectivity index (χ0n) is 12.5. The van der Waals surface area contributed by atoms with Gasteiger partial charge in [0, 0.05) is 32.2 Å². The fraction of sp³-hybridized carbons (Fsp3) is 0.750. The van der Waals surface area contributed by atoms with Gasteiger partial charge in [0.25, 0.3) is 0 Å². The van der Waals surface area contributed by atoms with Crippen LogP contribution in [0, 0.1) is 0 Å². The van der Waals surface area contributed by atoms with E-state index in [2.05, 4.69) is 10.1 Å². The molecule has 0 bridgehead atoms. The van der Waals surface area contributed by atoms with Crippen molar-refractivity contribution < 1.29 is 17.7 Å². The molecule has 1 unspecified atom stereocenters. The summed E-state index contributed by atoms with van der Waals surface area (Å²) in [5, 5.41) is 3.79. The van der Waals surface area contributed by atoms with Crippen molar-refractivity contribution in [2.45, 2.75) is 25.4 Å². The van der Waals surface area contributed by atoms with E-state index in [1.54, 1.807) is 9.80 Å². The molecule has 1 aromatic heterocycles. The van der Waals surface area contributed by atoms with Crippen LogP contribution in [-0.2, 0) is 10.0 Å². The average molecular weight is 329 g/mol. The summed E-state index contributed by atoms with van der Waals surface area (Å²) in [7, 11) is -3.23. The highest BCUT2D eigenvalue weighted by Gasteiger charge is 2.40. The molecule has 0 radical (unpaired) electrons. The van der Waals surface area contributed by atoms with E-state index in [9.17, 15) is 13.2 Å². The average Bonchev–Trinajstić information content (AvgIpc) is 2.89. The molecule has 2 aliphatic heterocycles. The molecule has 0 spiro atoms. The van der Waals surface area contributed by atoms with Gasteiger partial charge in [-0.1, -0.05) is 5.16 Å². The van der Waals surface area contributed by atoms with E-state index in [-0.39, 0.29) is 18.1 Å². The predicted octanol–water partition coefficient (Wildman–Crippen LogP) is -0.0979. The van der Waals surface area contributed by atoms with Crippen LogP contribution >= 0.6 is 0 Å². The lowest BCUT2D eigenvalue weighted by Gasteiger charge is -2.45. The molecule has 0 aliphatic carbocycles. The Balaban J connectivity index is 1.65. The molecule has 0 N–H and O–H groups in total. The fourth-order valence-electron chi connectivity index (χ4n) is 3.00. The maximum absolute atomic E-state index is 12.6. The number of carbonyl (C=O) groups is 1. The number of hydrogen-bond donors (Lipinski definition) is 0. The summed E-state index contributed by atoms with van der Waals surface area (Å²) in [6, 6.07) is -0.465. The summed E-state index contributed by atoms with van der Waals surface area (Å²) in [5.41, 5.74) is 0. The highest BCUT2D eigenvalue weighted by atomic mass is 32.2. The van der Waals surface area contributed by atoms with Crippen LogP contribution in [0.15, 0.2) is 10.9 Å². The van der Waals surface area contributed by atoms with Gasteiger partial charge in [-0.05, 0) is 13.3 Å². The molecular formula is C12H19N5O4S. The maximum Gasteiger partial charge on any atom is 0.320 e. The van der Waals surface area contributed by atoms with Gasteiger partial charge >= 0.3 is 6.03 Å². The maximum atomic E-state index is 12.6. The number of nitrogens with zero attached hydrogens (tertiary/aromatic N) is 5. The standard InChI is InChI=1S/C12H19N5O4S/c1-9-7-15(5-6-17(9)22(2,19)20)12(18)16-4-3-10(16)11-13-8-21-14-11/h8-10H,3-7H2,1-2H3/t9-,10?/m1/s1. The summed E-state index contributed by atoms with van der Waals surface area (Å²) in [4.78, 5) is 20.0. The minimum Gasteiger partial charge on any atom is -0.343 e. The zero-order chi connectivity index (χ0) is 15.9. The molecular weight excluding hydrogens is 310 g/mol. The first-order valence-electron chi connectivity index (χ1n) is 7.16. The van der Waals surface area contributed by atoms with Gasteiger partial charge in [0.15, 0.2) is 5.82 Å². The number of amides is 2. The second-order valence-electron chi connectivity index (χ2n) is 5.74. The second-order valence-corrected chi connectivity index (χ2v) is 7.67. The van der Waals surface area contributed by atoms with Crippen molar-refractivity contribution in [2.75, 3.05) is 32.4 Å². The molecule has 22 heavy (non-hydrogen) atoms.